The smallest absolute Gasteiger partial charge is 0.341 e. The first kappa shape index (κ1) is 23.0. The van der Waals surface area contributed by atoms with Gasteiger partial charge < -0.3 is 19.7 Å². The Bertz CT molecular complexity index is 1430. The van der Waals surface area contributed by atoms with E-state index in [4.69, 9.17) is 0 Å². The molecule has 8 heteroatoms. The molecule has 4 aromatic rings. The molecule has 5 rings (SSSR count). The SMILES string of the molecule is O=C(O)c1cn2c(c(O)c1=O)C(=O)N(Cc1ccccn1)C[C@@H]2C(c1ccccc1)c1ccccc1. The number of amides is 1. The monoisotopic (exact) mass is 481 g/mol. The molecule has 0 saturated heterocycles. The number of carboxylic acids is 1. The van der Waals surface area contributed by atoms with Gasteiger partial charge in [0.05, 0.1) is 18.3 Å². The van der Waals surface area contributed by atoms with Gasteiger partial charge in [-0.1, -0.05) is 66.7 Å². The van der Waals surface area contributed by atoms with Crippen LogP contribution in [0.5, 0.6) is 5.75 Å². The van der Waals surface area contributed by atoms with Crippen molar-refractivity contribution in [3.8, 4) is 5.75 Å². The quantitative estimate of drug-likeness (QED) is 0.435. The van der Waals surface area contributed by atoms with E-state index in [9.17, 15) is 24.6 Å². The van der Waals surface area contributed by atoms with Crippen LogP contribution in [0.25, 0.3) is 0 Å². The number of pyridine rings is 2. The van der Waals surface area contributed by atoms with Crippen molar-refractivity contribution >= 4 is 11.9 Å². The molecular formula is C28H23N3O5. The summed E-state index contributed by atoms with van der Waals surface area (Å²) in [5.74, 6) is -3.21. The molecular weight excluding hydrogens is 458 g/mol. The third-order valence-corrected chi connectivity index (χ3v) is 6.48. The van der Waals surface area contributed by atoms with Gasteiger partial charge in [0, 0.05) is 24.9 Å². The van der Waals surface area contributed by atoms with E-state index in [1.807, 2.05) is 66.7 Å². The molecule has 1 amide bonds. The van der Waals surface area contributed by atoms with E-state index < -0.39 is 34.7 Å². The summed E-state index contributed by atoms with van der Waals surface area (Å²) >= 11 is 0. The average molecular weight is 482 g/mol. The number of fused-ring (bicyclic) bond motifs is 1. The average Bonchev–Trinajstić information content (AvgIpc) is 2.90. The maximum absolute atomic E-state index is 13.5. The van der Waals surface area contributed by atoms with Crippen LogP contribution in [0.4, 0.5) is 0 Å². The van der Waals surface area contributed by atoms with Crippen molar-refractivity contribution in [2.24, 2.45) is 0 Å². The lowest BCUT2D eigenvalue weighted by atomic mass is 9.83. The van der Waals surface area contributed by atoms with Gasteiger partial charge in [-0.3, -0.25) is 14.6 Å². The molecule has 0 saturated carbocycles. The summed E-state index contributed by atoms with van der Waals surface area (Å²) in [6.07, 6.45) is 2.81. The third kappa shape index (κ3) is 4.13. The summed E-state index contributed by atoms with van der Waals surface area (Å²) < 4.78 is 1.46. The van der Waals surface area contributed by atoms with Crippen LogP contribution in [0.2, 0.25) is 0 Å². The number of rotatable bonds is 6. The molecule has 0 fully saturated rings. The van der Waals surface area contributed by atoms with Crippen LogP contribution in [0, 0.1) is 0 Å². The van der Waals surface area contributed by atoms with Crippen LogP contribution in [-0.4, -0.2) is 43.1 Å². The van der Waals surface area contributed by atoms with E-state index in [1.165, 1.54) is 10.8 Å². The number of aromatic carboxylic acids is 1. The molecule has 2 aromatic heterocycles. The minimum Gasteiger partial charge on any atom is -0.503 e. The maximum atomic E-state index is 13.5. The molecule has 36 heavy (non-hydrogen) atoms. The van der Waals surface area contributed by atoms with Gasteiger partial charge in [-0.2, -0.15) is 0 Å². The summed E-state index contributed by atoms with van der Waals surface area (Å²) in [7, 11) is 0. The Kier molecular flexibility index (Phi) is 6.08. The zero-order valence-corrected chi connectivity index (χ0v) is 19.2. The van der Waals surface area contributed by atoms with Crippen molar-refractivity contribution in [2.45, 2.75) is 18.5 Å². The Hall–Kier alpha value is -4.72. The molecule has 180 valence electrons. The lowest BCUT2D eigenvalue weighted by Gasteiger charge is -2.40. The molecule has 1 aliphatic heterocycles. The fraction of sp³-hybridized carbons (Fsp3) is 0.143. The second-order valence-corrected chi connectivity index (χ2v) is 8.65. The molecule has 0 spiro atoms. The van der Waals surface area contributed by atoms with Gasteiger partial charge >= 0.3 is 5.97 Å². The Morgan fingerprint density at radius 3 is 2.11 bits per heavy atom. The van der Waals surface area contributed by atoms with E-state index in [-0.39, 0.29) is 24.7 Å². The summed E-state index contributed by atoms with van der Waals surface area (Å²) in [5, 5.41) is 20.4. The predicted molar refractivity (Wildman–Crippen MR) is 132 cm³/mol. The number of carboxylic acid groups (broad SMARTS) is 1. The maximum Gasteiger partial charge on any atom is 0.341 e. The molecule has 0 aliphatic carbocycles. The molecule has 2 aromatic carbocycles. The molecule has 2 N–H and O–H groups in total. The number of aromatic nitrogens is 2. The highest BCUT2D eigenvalue weighted by molar-refractivity contribution is 5.97. The first-order valence-electron chi connectivity index (χ1n) is 11.5. The van der Waals surface area contributed by atoms with Crippen LogP contribution in [0.1, 0.15) is 49.6 Å². The second kappa shape index (κ2) is 9.50. The molecule has 1 atom stereocenters. The van der Waals surface area contributed by atoms with Gasteiger partial charge in [0.15, 0.2) is 11.4 Å². The van der Waals surface area contributed by atoms with E-state index in [0.29, 0.717) is 5.69 Å². The largest absolute Gasteiger partial charge is 0.503 e. The van der Waals surface area contributed by atoms with Gasteiger partial charge in [-0.25, -0.2) is 4.79 Å². The lowest BCUT2D eigenvalue weighted by molar-refractivity contribution is 0.0621. The van der Waals surface area contributed by atoms with E-state index in [1.54, 1.807) is 23.2 Å². The minimum atomic E-state index is -1.47. The highest BCUT2D eigenvalue weighted by atomic mass is 16.4. The Morgan fingerprint density at radius 1 is 0.944 bits per heavy atom. The third-order valence-electron chi connectivity index (χ3n) is 6.48. The van der Waals surface area contributed by atoms with Gasteiger partial charge in [-0.05, 0) is 23.3 Å². The Morgan fingerprint density at radius 2 is 1.56 bits per heavy atom. The van der Waals surface area contributed by atoms with Crippen LogP contribution in [-0.2, 0) is 6.54 Å². The van der Waals surface area contributed by atoms with Crippen molar-refractivity contribution in [1.82, 2.24) is 14.5 Å². The molecule has 3 heterocycles. The second-order valence-electron chi connectivity index (χ2n) is 8.65. The van der Waals surface area contributed by atoms with E-state index in [2.05, 4.69) is 4.98 Å². The van der Waals surface area contributed by atoms with Crippen molar-refractivity contribution in [3.05, 3.63) is 130 Å². The molecule has 1 aliphatic rings. The lowest BCUT2D eigenvalue weighted by Crippen LogP contribution is -2.46. The van der Waals surface area contributed by atoms with Gasteiger partial charge in [0.25, 0.3) is 5.91 Å². The van der Waals surface area contributed by atoms with Crippen molar-refractivity contribution < 1.29 is 19.8 Å². The summed E-state index contributed by atoms with van der Waals surface area (Å²) in [5.41, 5.74) is 0.638. The summed E-state index contributed by atoms with van der Waals surface area (Å²) in [6.45, 7) is 0.374. The highest BCUT2D eigenvalue weighted by Crippen LogP contribution is 2.40. The Balaban J connectivity index is 1.73. The van der Waals surface area contributed by atoms with Crippen LogP contribution < -0.4 is 5.43 Å². The minimum absolute atomic E-state index is 0.167. The molecule has 0 bridgehead atoms. The molecule has 8 nitrogen and oxygen atoms in total. The predicted octanol–water partition coefficient (Wildman–Crippen LogP) is 3.68. The fourth-order valence-electron chi connectivity index (χ4n) is 4.84. The van der Waals surface area contributed by atoms with Crippen LogP contribution in [0.15, 0.2) is 96.1 Å². The topological polar surface area (TPSA) is 113 Å². The fourth-order valence-corrected chi connectivity index (χ4v) is 4.84. The van der Waals surface area contributed by atoms with E-state index in [0.717, 1.165) is 11.1 Å². The highest BCUT2D eigenvalue weighted by Gasteiger charge is 2.40. The number of benzene rings is 2. The van der Waals surface area contributed by atoms with Crippen LogP contribution >= 0.6 is 0 Å². The molecule has 0 unspecified atom stereocenters. The van der Waals surface area contributed by atoms with E-state index >= 15 is 0 Å². The first-order valence-corrected chi connectivity index (χ1v) is 11.5. The number of hydrogen-bond acceptors (Lipinski definition) is 5. The van der Waals surface area contributed by atoms with Gasteiger partial charge in [-0.15, -0.1) is 0 Å². The number of carbonyl (C=O) groups is 2. The zero-order chi connectivity index (χ0) is 25.2. The van der Waals surface area contributed by atoms with Gasteiger partial charge in [0.2, 0.25) is 5.43 Å². The standard InChI is InChI=1S/C28H23N3O5/c32-25-21(28(35)36)16-31-22(23(18-9-3-1-4-10-18)19-11-5-2-6-12-19)17-30(27(34)24(31)26(25)33)15-20-13-7-8-14-29-20/h1-14,16,22-23,33H,15,17H2,(H,35,36)/t22-/m1/s1. The summed E-state index contributed by atoms with van der Waals surface area (Å²) in [6, 6.07) is 24.2. The van der Waals surface area contributed by atoms with Crippen LogP contribution in [0.3, 0.4) is 0 Å². The summed E-state index contributed by atoms with van der Waals surface area (Å²) in [4.78, 5) is 43.9. The normalized spacial score (nSPS) is 15.1. The number of hydrogen-bond donors (Lipinski definition) is 2. The van der Waals surface area contributed by atoms with Gasteiger partial charge in [0.1, 0.15) is 5.56 Å². The van der Waals surface area contributed by atoms with Crippen molar-refractivity contribution in [2.75, 3.05) is 6.54 Å². The molecule has 0 radical (unpaired) electrons. The van der Waals surface area contributed by atoms with Crippen molar-refractivity contribution in [1.29, 1.82) is 0 Å². The first-order chi connectivity index (χ1) is 17.5. The number of aromatic hydroxyl groups is 1. The number of nitrogens with zero attached hydrogens (tertiary/aromatic N) is 3. The number of carbonyl (C=O) groups excluding carboxylic acids is 1. The van der Waals surface area contributed by atoms with Crippen molar-refractivity contribution in [3.63, 3.8) is 0 Å². The zero-order valence-electron chi connectivity index (χ0n) is 19.2. The Labute approximate surface area is 206 Å².